The lowest BCUT2D eigenvalue weighted by Gasteiger charge is -2.30. The maximum Gasteiger partial charge on any atom is 0.250 e. The van der Waals surface area contributed by atoms with E-state index in [0.717, 1.165) is 56.4 Å². The molecule has 1 aliphatic rings. The molecule has 6 heteroatoms. The van der Waals surface area contributed by atoms with Crippen molar-refractivity contribution < 1.29 is 14.3 Å². The van der Waals surface area contributed by atoms with Gasteiger partial charge < -0.3 is 19.9 Å². The molecule has 0 heterocycles. The van der Waals surface area contributed by atoms with Crippen molar-refractivity contribution in [2.45, 2.75) is 57.5 Å². The molecule has 2 aromatic rings. The largest absolute Gasteiger partial charge is 0.496 e. The van der Waals surface area contributed by atoms with Crippen molar-refractivity contribution in [1.29, 1.82) is 0 Å². The molecule has 0 aromatic heterocycles. The third-order valence-electron chi connectivity index (χ3n) is 6.80. The molecule has 35 heavy (non-hydrogen) atoms. The molecule has 0 bridgehead atoms. The smallest absolute Gasteiger partial charge is 0.250 e. The molecule has 0 saturated heterocycles. The molecule has 0 unspecified atom stereocenters. The summed E-state index contributed by atoms with van der Waals surface area (Å²) in [5.74, 6) is 1.51. The van der Waals surface area contributed by atoms with Gasteiger partial charge in [-0.2, -0.15) is 0 Å². The van der Waals surface area contributed by atoms with Gasteiger partial charge in [-0.1, -0.05) is 48.5 Å². The number of amides is 2. The van der Waals surface area contributed by atoms with Crippen molar-refractivity contribution in [3.05, 3.63) is 77.5 Å². The highest BCUT2D eigenvalue weighted by atomic mass is 16.5. The zero-order valence-corrected chi connectivity index (χ0v) is 21.3. The topological polar surface area (TPSA) is 61.9 Å². The first-order valence-corrected chi connectivity index (χ1v) is 12.6. The van der Waals surface area contributed by atoms with Crippen molar-refractivity contribution in [1.82, 2.24) is 15.1 Å². The quantitative estimate of drug-likeness (QED) is 0.273. The average molecular weight is 478 g/mol. The van der Waals surface area contributed by atoms with Gasteiger partial charge in [-0.25, -0.2) is 0 Å². The third kappa shape index (κ3) is 7.96. The average Bonchev–Trinajstić information content (AvgIpc) is 2.91. The SMILES string of the molecule is COc1ccccc1C1CCC(NCCCN(C)C(=O)/C(C)=C\N(C=O)Cc2ccccc2)CC1. The van der Waals surface area contributed by atoms with Gasteiger partial charge in [0.05, 0.1) is 7.11 Å². The summed E-state index contributed by atoms with van der Waals surface area (Å²) >= 11 is 0. The molecule has 2 amide bonds. The summed E-state index contributed by atoms with van der Waals surface area (Å²) in [5.41, 5.74) is 2.90. The number of hydrogen-bond acceptors (Lipinski definition) is 4. The van der Waals surface area contributed by atoms with Crippen LogP contribution in [-0.4, -0.2) is 55.4 Å². The van der Waals surface area contributed by atoms with Crippen molar-refractivity contribution in [3.8, 4) is 5.75 Å². The van der Waals surface area contributed by atoms with Crippen LogP contribution in [0.4, 0.5) is 0 Å². The minimum atomic E-state index is -0.0535. The van der Waals surface area contributed by atoms with Crippen molar-refractivity contribution in [2.24, 2.45) is 0 Å². The molecule has 1 fully saturated rings. The Labute approximate surface area is 210 Å². The van der Waals surface area contributed by atoms with E-state index in [1.54, 1.807) is 25.1 Å². The van der Waals surface area contributed by atoms with Crippen LogP contribution in [0.1, 0.15) is 56.1 Å². The first-order chi connectivity index (χ1) is 17.0. The molecule has 6 nitrogen and oxygen atoms in total. The summed E-state index contributed by atoms with van der Waals surface area (Å²) in [6.45, 7) is 3.77. The van der Waals surface area contributed by atoms with Crippen LogP contribution in [0.15, 0.2) is 66.4 Å². The number of rotatable bonds is 12. The molecule has 0 radical (unpaired) electrons. The first-order valence-electron chi connectivity index (χ1n) is 12.6. The van der Waals surface area contributed by atoms with Crippen molar-refractivity contribution >= 4 is 12.3 Å². The van der Waals surface area contributed by atoms with E-state index in [9.17, 15) is 9.59 Å². The van der Waals surface area contributed by atoms with Crippen LogP contribution in [0.5, 0.6) is 5.75 Å². The number of methoxy groups -OCH3 is 1. The van der Waals surface area contributed by atoms with E-state index in [2.05, 4.69) is 17.4 Å². The molecule has 0 atom stereocenters. The van der Waals surface area contributed by atoms with Crippen LogP contribution in [-0.2, 0) is 16.1 Å². The third-order valence-corrected chi connectivity index (χ3v) is 6.80. The van der Waals surface area contributed by atoms with Crippen LogP contribution < -0.4 is 10.1 Å². The molecule has 1 saturated carbocycles. The highest BCUT2D eigenvalue weighted by Gasteiger charge is 2.24. The summed E-state index contributed by atoms with van der Waals surface area (Å²) in [5, 5.41) is 3.68. The summed E-state index contributed by atoms with van der Waals surface area (Å²) in [6.07, 6.45) is 7.93. The Morgan fingerprint density at radius 3 is 2.43 bits per heavy atom. The van der Waals surface area contributed by atoms with Gasteiger partial charge in [0.15, 0.2) is 0 Å². The Morgan fingerprint density at radius 2 is 1.74 bits per heavy atom. The molecule has 2 aromatic carbocycles. The number of carbonyl (C=O) groups is 2. The molecular weight excluding hydrogens is 438 g/mol. The molecule has 0 spiro atoms. The Bertz CT molecular complexity index is 968. The number of hydrogen-bond donors (Lipinski definition) is 1. The lowest BCUT2D eigenvalue weighted by molar-refractivity contribution is -0.126. The second-order valence-corrected chi connectivity index (χ2v) is 9.40. The number of para-hydroxylation sites is 1. The molecule has 0 aliphatic heterocycles. The molecule has 1 aliphatic carbocycles. The van der Waals surface area contributed by atoms with Gasteiger partial charge in [0.2, 0.25) is 6.41 Å². The second kappa shape index (κ2) is 13.7. The fraction of sp³-hybridized carbons (Fsp3) is 0.448. The van der Waals surface area contributed by atoms with Gasteiger partial charge in [-0.05, 0) is 68.7 Å². The maximum atomic E-state index is 12.8. The monoisotopic (exact) mass is 477 g/mol. The summed E-state index contributed by atoms with van der Waals surface area (Å²) in [6, 6.07) is 18.6. The fourth-order valence-electron chi connectivity index (χ4n) is 4.85. The van der Waals surface area contributed by atoms with Gasteiger partial charge in [-0.15, -0.1) is 0 Å². The Balaban J connectivity index is 1.37. The zero-order valence-electron chi connectivity index (χ0n) is 21.3. The van der Waals surface area contributed by atoms with E-state index < -0.39 is 0 Å². The molecule has 3 rings (SSSR count). The standard InChI is InChI=1S/C29H39N3O3/c1-23(20-32(22-33)21-24-10-5-4-6-11-24)29(34)31(2)19-9-18-30-26-16-14-25(15-17-26)27-12-7-8-13-28(27)35-3/h4-8,10-13,20,22,25-26,30H,9,14-19,21H2,1-3H3/b23-20-. The van der Waals surface area contributed by atoms with Gasteiger partial charge in [0.25, 0.3) is 5.91 Å². The second-order valence-electron chi connectivity index (χ2n) is 9.40. The Kier molecular flexibility index (Phi) is 10.4. The van der Waals surface area contributed by atoms with Crippen LogP contribution >= 0.6 is 0 Å². The van der Waals surface area contributed by atoms with Crippen molar-refractivity contribution in [3.63, 3.8) is 0 Å². The molecule has 1 N–H and O–H groups in total. The van der Waals surface area contributed by atoms with E-state index in [1.807, 2.05) is 49.5 Å². The maximum absolute atomic E-state index is 12.8. The highest BCUT2D eigenvalue weighted by Crippen LogP contribution is 2.37. The first kappa shape index (κ1) is 26.5. The summed E-state index contributed by atoms with van der Waals surface area (Å²) in [7, 11) is 3.56. The van der Waals surface area contributed by atoms with Crippen LogP contribution in [0.25, 0.3) is 0 Å². The number of benzene rings is 2. The van der Waals surface area contributed by atoms with Gasteiger partial charge in [0.1, 0.15) is 5.75 Å². The van der Waals surface area contributed by atoms with Crippen molar-refractivity contribution in [2.75, 3.05) is 27.2 Å². The summed E-state index contributed by atoms with van der Waals surface area (Å²) < 4.78 is 5.55. The number of ether oxygens (including phenoxy) is 1. The lowest BCUT2D eigenvalue weighted by Crippen LogP contribution is -2.36. The molecule has 188 valence electrons. The minimum Gasteiger partial charge on any atom is -0.496 e. The molecular formula is C29H39N3O3. The van der Waals surface area contributed by atoms with Crippen LogP contribution in [0, 0.1) is 0 Å². The Hall–Kier alpha value is -3.12. The van der Waals surface area contributed by atoms with Gasteiger partial charge >= 0.3 is 0 Å². The number of carbonyl (C=O) groups excluding carboxylic acids is 2. The Morgan fingerprint density at radius 1 is 1.06 bits per heavy atom. The van der Waals surface area contributed by atoms with Crippen LogP contribution in [0.3, 0.4) is 0 Å². The number of nitrogens with zero attached hydrogens (tertiary/aromatic N) is 2. The van der Waals surface area contributed by atoms with Gasteiger partial charge in [0, 0.05) is 38.0 Å². The summed E-state index contributed by atoms with van der Waals surface area (Å²) in [4.78, 5) is 27.5. The van der Waals surface area contributed by atoms with E-state index in [4.69, 9.17) is 4.74 Å². The zero-order chi connectivity index (χ0) is 25.0. The van der Waals surface area contributed by atoms with E-state index >= 15 is 0 Å². The predicted molar refractivity (Wildman–Crippen MR) is 140 cm³/mol. The van der Waals surface area contributed by atoms with Crippen LogP contribution in [0.2, 0.25) is 0 Å². The minimum absolute atomic E-state index is 0.0535. The van der Waals surface area contributed by atoms with Gasteiger partial charge in [-0.3, -0.25) is 9.59 Å². The fourth-order valence-corrected chi connectivity index (χ4v) is 4.85. The number of nitrogens with one attached hydrogen (secondary N) is 1. The van der Waals surface area contributed by atoms with E-state index in [0.29, 0.717) is 30.6 Å². The lowest BCUT2D eigenvalue weighted by atomic mass is 9.81. The van der Waals surface area contributed by atoms with E-state index in [-0.39, 0.29) is 5.91 Å². The number of likely N-dealkylation sites (N-methyl/N-ethyl adjacent to an activating group) is 1. The predicted octanol–water partition coefficient (Wildman–Crippen LogP) is 4.72. The van der Waals surface area contributed by atoms with E-state index in [1.165, 1.54) is 10.5 Å². The highest BCUT2D eigenvalue weighted by molar-refractivity contribution is 5.92. The normalized spacial score (nSPS) is 18.1.